The number of halogens is 1. The van der Waals surface area contributed by atoms with E-state index in [4.69, 9.17) is 0 Å². The number of carbonyl (C=O) groups excluding carboxylic acids is 1. The van der Waals surface area contributed by atoms with E-state index in [0.717, 1.165) is 25.9 Å². The number of hydrogen-bond acceptors (Lipinski definition) is 2. The molecule has 0 aromatic rings. The number of nitrogens with one attached hydrogen (secondary N) is 2. The zero-order valence-electron chi connectivity index (χ0n) is 8.30. The molecule has 1 rings (SSSR count). The third kappa shape index (κ3) is 3.96. The molecule has 0 aromatic heterocycles. The molecule has 0 radical (unpaired) electrons. The highest BCUT2D eigenvalue weighted by Gasteiger charge is 2.22. The second-order valence-corrected chi connectivity index (χ2v) is 3.51. The Bertz CT molecular complexity index is 158. The minimum atomic E-state index is 0. The molecule has 1 aliphatic rings. The van der Waals surface area contributed by atoms with Gasteiger partial charge in [0, 0.05) is 12.6 Å². The summed E-state index contributed by atoms with van der Waals surface area (Å²) in [7, 11) is 0. The van der Waals surface area contributed by atoms with Crippen LogP contribution in [0.3, 0.4) is 0 Å². The number of rotatable bonds is 3. The average molecular weight is 207 g/mol. The molecule has 0 spiro atoms. The van der Waals surface area contributed by atoms with Crippen LogP contribution in [0, 0.1) is 5.92 Å². The van der Waals surface area contributed by atoms with Crippen LogP contribution < -0.4 is 10.6 Å². The van der Waals surface area contributed by atoms with Crippen molar-refractivity contribution >= 4 is 18.3 Å². The summed E-state index contributed by atoms with van der Waals surface area (Å²) in [4.78, 5) is 11.5. The van der Waals surface area contributed by atoms with Crippen LogP contribution in [-0.2, 0) is 4.79 Å². The van der Waals surface area contributed by atoms with E-state index in [-0.39, 0.29) is 24.2 Å². The van der Waals surface area contributed by atoms with Gasteiger partial charge in [-0.3, -0.25) is 4.79 Å². The first-order valence-electron chi connectivity index (χ1n) is 4.75. The third-order valence-corrected chi connectivity index (χ3v) is 2.43. The molecule has 78 valence electrons. The van der Waals surface area contributed by atoms with Gasteiger partial charge in [0.2, 0.25) is 5.91 Å². The predicted octanol–water partition coefficient (Wildman–Crippen LogP) is 0.932. The van der Waals surface area contributed by atoms with Gasteiger partial charge in [0.05, 0.1) is 5.92 Å². The highest BCUT2D eigenvalue weighted by molar-refractivity contribution is 5.85. The first-order chi connectivity index (χ1) is 5.74. The molecule has 0 aliphatic carbocycles. The van der Waals surface area contributed by atoms with Gasteiger partial charge < -0.3 is 10.6 Å². The summed E-state index contributed by atoms with van der Waals surface area (Å²) >= 11 is 0. The highest BCUT2D eigenvalue weighted by atomic mass is 35.5. The van der Waals surface area contributed by atoms with E-state index in [9.17, 15) is 4.79 Å². The van der Waals surface area contributed by atoms with Gasteiger partial charge >= 0.3 is 0 Å². The lowest BCUT2D eigenvalue weighted by Gasteiger charge is -2.14. The van der Waals surface area contributed by atoms with Gasteiger partial charge in [-0.05, 0) is 26.3 Å². The van der Waals surface area contributed by atoms with E-state index < -0.39 is 0 Å². The Balaban J connectivity index is 0.00000144. The monoisotopic (exact) mass is 206 g/mol. The largest absolute Gasteiger partial charge is 0.353 e. The smallest absolute Gasteiger partial charge is 0.224 e. The maximum atomic E-state index is 11.5. The summed E-state index contributed by atoms with van der Waals surface area (Å²) in [6, 6.07) is 0.318. The summed E-state index contributed by atoms with van der Waals surface area (Å²) in [6.07, 6.45) is 1.99. The van der Waals surface area contributed by atoms with Crippen molar-refractivity contribution in [1.29, 1.82) is 0 Å². The molecule has 1 fully saturated rings. The van der Waals surface area contributed by atoms with Gasteiger partial charge in [0.15, 0.2) is 0 Å². The molecule has 4 heteroatoms. The lowest BCUT2D eigenvalue weighted by atomic mass is 10.1. The first kappa shape index (κ1) is 12.7. The van der Waals surface area contributed by atoms with Crippen molar-refractivity contribution < 1.29 is 4.79 Å². The molecule has 1 amide bonds. The van der Waals surface area contributed by atoms with Crippen LogP contribution in [0.25, 0.3) is 0 Å². The van der Waals surface area contributed by atoms with Crippen LogP contribution in [-0.4, -0.2) is 25.0 Å². The van der Waals surface area contributed by atoms with Crippen molar-refractivity contribution in [3.8, 4) is 0 Å². The minimum absolute atomic E-state index is 0. The lowest BCUT2D eigenvalue weighted by molar-refractivity contribution is -0.125. The summed E-state index contributed by atoms with van der Waals surface area (Å²) in [6.45, 7) is 5.96. The van der Waals surface area contributed by atoms with Crippen molar-refractivity contribution in [2.24, 2.45) is 5.92 Å². The van der Waals surface area contributed by atoms with Crippen molar-refractivity contribution in [2.75, 3.05) is 13.1 Å². The normalized spacial score (nSPS) is 23.4. The van der Waals surface area contributed by atoms with Gasteiger partial charge in [-0.15, -0.1) is 12.4 Å². The summed E-state index contributed by atoms with van der Waals surface area (Å²) in [5.41, 5.74) is 0. The zero-order chi connectivity index (χ0) is 8.97. The fraction of sp³-hybridized carbons (Fsp3) is 0.889. The van der Waals surface area contributed by atoms with Crippen LogP contribution in [0.4, 0.5) is 0 Å². The second kappa shape index (κ2) is 6.22. The number of hydrogen-bond donors (Lipinski definition) is 2. The standard InChI is InChI=1S/C9H18N2O.ClH/c1-3-7(2)11-9(12)8-4-5-10-6-8;/h7-8,10H,3-6H2,1-2H3,(H,11,12);1H/t7?,8-;/m0./s1. The lowest BCUT2D eigenvalue weighted by Crippen LogP contribution is -2.37. The Labute approximate surface area is 86.1 Å². The van der Waals surface area contributed by atoms with Crippen LogP contribution in [0.1, 0.15) is 26.7 Å². The first-order valence-corrected chi connectivity index (χ1v) is 4.75. The van der Waals surface area contributed by atoms with Crippen molar-refractivity contribution in [3.63, 3.8) is 0 Å². The molecule has 13 heavy (non-hydrogen) atoms. The summed E-state index contributed by atoms with van der Waals surface area (Å²) in [5, 5.41) is 6.18. The predicted molar refractivity (Wildman–Crippen MR) is 56.1 cm³/mol. The van der Waals surface area contributed by atoms with Gasteiger partial charge in [0.1, 0.15) is 0 Å². The van der Waals surface area contributed by atoms with Crippen molar-refractivity contribution in [3.05, 3.63) is 0 Å². The molecular weight excluding hydrogens is 188 g/mol. The summed E-state index contributed by atoms with van der Waals surface area (Å²) in [5.74, 6) is 0.424. The van der Waals surface area contributed by atoms with E-state index in [2.05, 4.69) is 17.6 Å². The fourth-order valence-corrected chi connectivity index (χ4v) is 1.34. The van der Waals surface area contributed by atoms with Crippen LogP contribution >= 0.6 is 12.4 Å². The van der Waals surface area contributed by atoms with Gasteiger partial charge in [-0.25, -0.2) is 0 Å². The Morgan fingerprint density at radius 3 is 2.85 bits per heavy atom. The summed E-state index contributed by atoms with van der Waals surface area (Å²) < 4.78 is 0. The molecule has 2 atom stereocenters. The Morgan fingerprint density at radius 2 is 2.38 bits per heavy atom. The van der Waals surface area contributed by atoms with Crippen LogP contribution in [0.5, 0.6) is 0 Å². The van der Waals surface area contributed by atoms with E-state index in [1.54, 1.807) is 0 Å². The third-order valence-electron chi connectivity index (χ3n) is 2.43. The Hall–Kier alpha value is -0.280. The average Bonchev–Trinajstić information content (AvgIpc) is 2.56. The second-order valence-electron chi connectivity index (χ2n) is 3.51. The van der Waals surface area contributed by atoms with E-state index in [0.29, 0.717) is 6.04 Å². The number of carbonyl (C=O) groups is 1. The molecule has 2 N–H and O–H groups in total. The van der Waals surface area contributed by atoms with E-state index in [1.807, 2.05) is 6.92 Å². The SMILES string of the molecule is CCC(C)NC(=O)[C@H]1CCNC1.Cl. The Kier molecular flexibility index (Phi) is 6.08. The van der Waals surface area contributed by atoms with Crippen molar-refractivity contribution in [1.82, 2.24) is 10.6 Å². The molecule has 0 aromatic carbocycles. The molecule has 1 aliphatic heterocycles. The molecule has 0 saturated carbocycles. The fourth-order valence-electron chi connectivity index (χ4n) is 1.34. The number of amides is 1. The maximum absolute atomic E-state index is 11.5. The van der Waals surface area contributed by atoms with Crippen molar-refractivity contribution in [2.45, 2.75) is 32.7 Å². The van der Waals surface area contributed by atoms with E-state index in [1.165, 1.54) is 0 Å². The van der Waals surface area contributed by atoms with Crippen LogP contribution in [0.15, 0.2) is 0 Å². The minimum Gasteiger partial charge on any atom is -0.353 e. The Morgan fingerprint density at radius 1 is 1.69 bits per heavy atom. The molecule has 1 heterocycles. The zero-order valence-corrected chi connectivity index (χ0v) is 9.12. The highest BCUT2D eigenvalue weighted by Crippen LogP contribution is 2.07. The molecule has 0 bridgehead atoms. The molecule has 1 unspecified atom stereocenters. The van der Waals surface area contributed by atoms with Gasteiger partial charge in [0.25, 0.3) is 0 Å². The molecule has 1 saturated heterocycles. The topological polar surface area (TPSA) is 41.1 Å². The maximum Gasteiger partial charge on any atom is 0.224 e. The van der Waals surface area contributed by atoms with Gasteiger partial charge in [-0.2, -0.15) is 0 Å². The molecular formula is C9H19ClN2O. The van der Waals surface area contributed by atoms with Crippen LogP contribution in [0.2, 0.25) is 0 Å². The van der Waals surface area contributed by atoms with Gasteiger partial charge in [-0.1, -0.05) is 6.92 Å². The quantitative estimate of drug-likeness (QED) is 0.722. The molecule has 3 nitrogen and oxygen atoms in total. The van der Waals surface area contributed by atoms with E-state index >= 15 is 0 Å².